The van der Waals surface area contributed by atoms with Gasteiger partial charge in [0.1, 0.15) is 11.3 Å². The highest BCUT2D eigenvalue weighted by Crippen LogP contribution is 2.35. The topological polar surface area (TPSA) is 29.3 Å². The SMILES string of the molecule is Cc1c(-c2csc(N3CCSCC3)n2)oc2ccccc12. The molecule has 3 aromatic rings. The van der Waals surface area contributed by atoms with E-state index in [-0.39, 0.29) is 0 Å². The molecule has 5 heteroatoms. The van der Waals surface area contributed by atoms with Gasteiger partial charge in [-0.05, 0) is 13.0 Å². The fraction of sp³-hybridized carbons (Fsp3) is 0.312. The lowest BCUT2D eigenvalue weighted by molar-refractivity contribution is 0.626. The second-order valence-electron chi connectivity index (χ2n) is 5.17. The van der Waals surface area contributed by atoms with Crippen molar-refractivity contribution in [2.45, 2.75) is 6.92 Å². The molecule has 21 heavy (non-hydrogen) atoms. The first-order valence-electron chi connectivity index (χ1n) is 7.09. The molecule has 108 valence electrons. The number of nitrogens with zero attached hydrogens (tertiary/aromatic N) is 2. The van der Waals surface area contributed by atoms with Crippen molar-refractivity contribution in [3.63, 3.8) is 0 Å². The maximum Gasteiger partial charge on any atom is 0.186 e. The molecule has 1 saturated heterocycles. The minimum atomic E-state index is 0.907. The summed E-state index contributed by atoms with van der Waals surface area (Å²) in [5.74, 6) is 3.29. The molecule has 0 saturated carbocycles. The Hall–Kier alpha value is -1.46. The van der Waals surface area contributed by atoms with Crippen LogP contribution in [0.3, 0.4) is 0 Å². The van der Waals surface area contributed by atoms with E-state index in [1.807, 2.05) is 30.0 Å². The highest BCUT2D eigenvalue weighted by Gasteiger charge is 2.18. The molecule has 1 aliphatic rings. The van der Waals surface area contributed by atoms with Gasteiger partial charge in [-0.2, -0.15) is 11.8 Å². The third kappa shape index (κ3) is 2.34. The molecule has 0 unspecified atom stereocenters. The largest absolute Gasteiger partial charge is 0.454 e. The Morgan fingerprint density at radius 1 is 1.19 bits per heavy atom. The van der Waals surface area contributed by atoms with Crippen molar-refractivity contribution in [2.75, 3.05) is 29.5 Å². The normalized spacial score (nSPS) is 15.8. The first-order valence-corrected chi connectivity index (χ1v) is 9.13. The molecule has 3 heterocycles. The number of hydrogen-bond donors (Lipinski definition) is 0. The average molecular weight is 316 g/mol. The lowest BCUT2D eigenvalue weighted by Gasteiger charge is -2.25. The third-order valence-corrected chi connectivity index (χ3v) is 5.69. The van der Waals surface area contributed by atoms with Crippen molar-refractivity contribution in [1.29, 1.82) is 0 Å². The number of aromatic nitrogens is 1. The summed E-state index contributed by atoms with van der Waals surface area (Å²) in [4.78, 5) is 7.18. The van der Waals surface area contributed by atoms with Crippen LogP contribution >= 0.6 is 23.1 Å². The van der Waals surface area contributed by atoms with E-state index in [4.69, 9.17) is 9.40 Å². The first-order chi connectivity index (χ1) is 10.3. The molecule has 0 atom stereocenters. The summed E-state index contributed by atoms with van der Waals surface area (Å²) >= 11 is 3.73. The molecular weight excluding hydrogens is 300 g/mol. The molecule has 0 radical (unpaired) electrons. The van der Waals surface area contributed by atoms with Crippen LogP contribution in [0, 0.1) is 6.92 Å². The van der Waals surface area contributed by atoms with Gasteiger partial charge in [0.15, 0.2) is 10.9 Å². The van der Waals surface area contributed by atoms with Crippen LogP contribution < -0.4 is 4.90 Å². The van der Waals surface area contributed by atoms with Crippen LogP contribution in [-0.2, 0) is 0 Å². The van der Waals surface area contributed by atoms with E-state index in [0.717, 1.165) is 35.3 Å². The average Bonchev–Trinajstić information content (AvgIpc) is 3.14. The molecule has 0 aliphatic carbocycles. The minimum Gasteiger partial charge on any atom is -0.454 e. The van der Waals surface area contributed by atoms with E-state index in [1.165, 1.54) is 22.5 Å². The van der Waals surface area contributed by atoms with E-state index in [9.17, 15) is 0 Å². The molecule has 0 spiro atoms. The second-order valence-corrected chi connectivity index (χ2v) is 7.23. The van der Waals surface area contributed by atoms with Crippen molar-refractivity contribution in [2.24, 2.45) is 0 Å². The van der Waals surface area contributed by atoms with Gasteiger partial charge in [-0.25, -0.2) is 4.98 Å². The van der Waals surface area contributed by atoms with E-state index in [1.54, 1.807) is 11.3 Å². The van der Waals surface area contributed by atoms with Crippen LogP contribution in [0.5, 0.6) is 0 Å². The molecule has 3 nitrogen and oxygen atoms in total. The van der Waals surface area contributed by atoms with Crippen molar-refractivity contribution >= 4 is 39.2 Å². The highest BCUT2D eigenvalue weighted by atomic mass is 32.2. The monoisotopic (exact) mass is 316 g/mol. The number of thiazole rings is 1. The van der Waals surface area contributed by atoms with Crippen LogP contribution in [0.2, 0.25) is 0 Å². The number of hydrogen-bond acceptors (Lipinski definition) is 5. The van der Waals surface area contributed by atoms with Gasteiger partial charge in [-0.3, -0.25) is 0 Å². The number of fused-ring (bicyclic) bond motifs is 1. The number of furan rings is 1. The van der Waals surface area contributed by atoms with Gasteiger partial charge in [-0.1, -0.05) is 18.2 Å². The number of aryl methyl sites for hydroxylation is 1. The number of rotatable bonds is 2. The van der Waals surface area contributed by atoms with Gasteiger partial charge >= 0.3 is 0 Å². The number of para-hydroxylation sites is 1. The second kappa shape index (κ2) is 5.39. The smallest absolute Gasteiger partial charge is 0.186 e. The molecule has 0 amide bonds. The highest BCUT2D eigenvalue weighted by molar-refractivity contribution is 7.99. The zero-order valence-corrected chi connectivity index (χ0v) is 13.5. The maximum atomic E-state index is 6.01. The van der Waals surface area contributed by atoms with E-state index in [2.05, 4.69) is 23.3 Å². The van der Waals surface area contributed by atoms with Crippen LogP contribution in [0.4, 0.5) is 5.13 Å². The van der Waals surface area contributed by atoms with E-state index in [0.29, 0.717) is 0 Å². The summed E-state index contributed by atoms with van der Waals surface area (Å²) in [5.41, 5.74) is 3.08. The van der Waals surface area contributed by atoms with Gasteiger partial charge in [-0.15, -0.1) is 11.3 Å². The van der Waals surface area contributed by atoms with Crippen molar-refractivity contribution in [3.05, 3.63) is 35.2 Å². The van der Waals surface area contributed by atoms with Gasteiger partial charge < -0.3 is 9.32 Å². The van der Waals surface area contributed by atoms with Crippen molar-refractivity contribution in [1.82, 2.24) is 4.98 Å². The zero-order valence-electron chi connectivity index (χ0n) is 11.8. The van der Waals surface area contributed by atoms with E-state index < -0.39 is 0 Å². The Morgan fingerprint density at radius 3 is 2.81 bits per heavy atom. The summed E-state index contributed by atoms with van der Waals surface area (Å²) in [6, 6.07) is 8.17. The maximum absolute atomic E-state index is 6.01. The van der Waals surface area contributed by atoms with Crippen LogP contribution in [0.25, 0.3) is 22.4 Å². The van der Waals surface area contributed by atoms with Gasteiger partial charge in [0.25, 0.3) is 0 Å². The zero-order chi connectivity index (χ0) is 14.2. The van der Waals surface area contributed by atoms with Crippen LogP contribution in [0.1, 0.15) is 5.56 Å². The van der Waals surface area contributed by atoms with Gasteiger partial charge in [0, 0.05) is 40.9 Å². The molecule has 4 rings (SSSR count). The Morgan fingerprint density at radius 2 is 2.00 bits per heavy atom. The summed E-state index contributed by atoms with van der Waals surface area (Å²) in [7, 11) is 0. The van der Waals surface area contributed by atoms with Crippen molar-refractivity contribution in [3.8, 4) is 11.5 Å². The number of benzene rings is 1. The third-order valence-electron chi connectivity index (χ3n) is 3.85. The van der Waals surface area contributed by atoms with Gasteiger partial charge in [0.05, 0.1) is 0 Å². The molecular formula is C16H16N2OS2. The fourth-order valence-electron chi connectivity index (χ4n) is 2.69. The molecule has 1 aromatic carbocycles. The Balaban J connectivity index is 1.72. The lowest BCUT2D eigenvalue weighted by Crippen LogP contribution is -2.32. The summed E-state index contributed by atoms with van der Waals surface area (Å²) in [6.07, 6.45) is 0. The molecule has 1 aliphatic heterocycles. The summed E-state index contributed by atoms with van der Waals surface area (Å²) in [6.45, 7) is 4.30. The quantitative estimate of drug-likeness (QED) is 0.700. The predicted octanol–water partition coefficient (Wildman–Crippen LogP) is 4.42. The summed E-state index contributed by atoms with van der Waals surface area (Å²) < 4.78 is 6.01. The van der Waals surface area contributed by atoms with Gasteiger partial charge in [0.2, 0.25) is 0 Å². The molecule has 0 bridgehead atoms. The standard InChI is InChI=1S/C16H16N2OS2/c1-11-12-4-2-3-5-14(12)19-15(11)13-10-21-16(17-13)18-6-8-20-9-7-18/h2-5,10H,6-9H2,1H3. The first kappa shape index (κ1) is 13.2. The van der Waals surface area contributed by atoms with Crippen molar-refractivity contribution < 1.29 is 4.42 Å². The van der Waals surface area contributed by atoms with Crippen LogP contribution in [0.15, 0.2) is 34.1 Å². The number of thioether (sulfide) groups is 1. The van der Waals surface area contributed by atoms with E-state index >= 15 is 0 Å². The predicted molar refractivity (Wildman–Crippen MR) is 91.6 cm³/mol. The molecule has 0 N–H and O–H groups in total. The lowest BCUT2D eigenvalue weighted by atomic mass is 10.1. The Bertz CT molecular complexity index is 772. The molecule has 1 fully saturated rings. The molecule has 2 aromatic heterocycles. The number of anilines is 1. The van der Waals surface area contributed by atoms with Crippen LogP contribution in [-0.4, -0.2) is 29.6 Å². The fourth-order valence-corrected chi connectivity index (χ4v) is 4.45. The minimum absolute atomic E-state index is 0.907. The Kier molecular flexibility index (Phi) is 3.39. The Labute approximate surface area is 132 Å². The summed E-state index contributed by atoms with van der Waals surface area (Å²) in [5, 5.41) is 4.41.